The Kier molecular flexibility index (Phi) is 77.3. The molecule has 7 heteroatoms. The van der Waals surface area contributed by atoms with Crippen LogP contribution in [-0.4, -0.2) is 105 Å². The molecule has 536 valence electrons. The molecular formula is C84H164N6O. The van der Waals surface area contributed by atoms with Gasteiger partial charge in [0, 0.05) is 79.5 Å². The van der Waals surface area contributed by atoms with Crippen LogP contribution in [0.3, 0.4) is 0 Å². The molecule has 0 radical (unpaired) electrons. The van der Waals surface area contributed by atoms with Crippen LogP contribution in [0.15, 0.2) is 97.1 Å². The lowest BCUT2D eigenvalue weighted by molar-refractivity contribution is 0.185. The molecule has 0 atom stereocenters. The highest BCUT2D eigenvalue weighted by atomic mass is 16.5. The molecule has 0 N–H and O–H groups in total. The molecule has 4 aromatic rings. The SMILES string of the molecule is C.CC.CC.CC.CC.CC.CC.CC.CC.CC.CC.CC(C)N1CCCC1.CC(C)N1CCCCC1.CC(C)N1CCCCc2ccccc21.CC(C)N1CCCOc2ccccc21.CC(C)N1CCCc2ccccc21.CC(C)N1CCc2ccccc21. The number of nitrogens with zero attached hydrogens (tertiary/aromatic N) is 6. The van der Waals surface area contributed by atoms with E-state index in [0.717, 1.165) is 37.4 Å². The van der Waals surface area contributed by atoms with Crippen molar-refractivity contribution in [1.29, 1.82) is 0 Å². The van der Waals surface area contributed by atoms with E-state index in [2.05, 4.69) is 203 Å². The van der Waals surface area contributed by atoms with Gasteiger partial charge < -0.3 is 34.1 Å². The molecule has 0 aliphatic carbocycles. The first-order valence-corrected chi connectivity index (χ1v) is 38.3. The molecule has 10 rings (SSSR count). The van der Waals surface area contributed by atoms with E-state index in [1.165, 1.54) is 156 Å². The summed E-state index contributed by atoms with van der Waals surface area (Å²) in [6.07, 6.45) is 15.9. The van der Waals surface area contributed by atoms with Crippen LogP contribution in [0.4, 0.5) is 22.7 Å². The molecule has 6 aliphatic heterocycles. The zero-order valence-corrected chi connectivity index (χ0v) is 66.6. The Morgan fingerprint density at radius 2 is 0.516 bits per heavy atom. The monoisotopic (exact) mass is 1270 g/mol. The van der Waals surface area contributed by atoms with E-state index in [0.29, 0.717) is 24.2 Å². The fraction of sp³-hybridized carbons (Fsp3) is 0.714. The Labute approximate surface area is 574 Å². The molecule has 6 heterocycles. The smallest absolute Gasteiger partial charge is 0.142 e. The number of benzene rings is 4. The normalized spacial score (nSPS) is 14.3. The Hall–Kier alpha value is -4.20. The van der Waals surface area contributed by atoms with Gasteiger partial charge in [-0.3, -0.25) is 0 Å². The maximum Gasteiger partial charge on any atom is 0.142 e. The third kappa shape index (κ3) is 42.0. The van der Waals surface area contributed by atoms with Crippen molar-refractivity contribution < 1.29 is 4.74 Å². The average molecular weight is 1270 g/mol. The quantitative estimate of drug-likeness (QED) is 0.190. The van der Waals surface area contributed by atoms with Gasteiger partial charge >= 0.3 is 0 Å². The Morgan fingerprint density at radius 1 is 0.253 bits per heavy atom. The zero-order chi connectivity index (χ0) is 70.4. The number of para-hydroxylation sites is 5. The minimum absolute atomic E-state index is 0. The second kappa shape index (κ2) is 70.1. The first-order valence-electron chi connectivity index (χ1n) is 38.3. The van der Waals surface area contributed by atoms with Crippen LogP contribution in [0.25, 0.3) is 0 Å². The highest BCUT2D eigenvalue weighted by molar-refractivity contribution is 5.60. The summed E-state index contributed by atoms with van der Waals surface area (Å²) in [7, 11) is 0. The van der Waals surface area contributed by atoms with Crippen molar-refractivity contribution in [3.8, 4) is 5.75 Å². The van der Waals surface area contributed by atoms with Gasteiger partial charge in [-0.1, -0.05) is 219 Å². The molecule has 0 saturated carbocycles. The Morgan fingerprint density at radius 3 is 0.868 bits per heavy atom. The van der Waals surface area contributed by atoms with E-state index in [-0.39, 0.29) is 7.43 Å². The molecule has 7 nitrogen and oxygen atoms in total. The molecular weight excluding hydrogens is 1110 g/mol. The van der Waals surface area contributed by atoms with Gasteiger partial charge in [0.15, 0.2) is 0 Å². The Balaban J connectivity index is -0.000000177. The topological polar surface area (TPSA) is 28.7 Å². The molecule has 0 amide bonds. The lowest BCUT2D eigenvalue weighted by atomic mass is 10.0. The van der Waals surface area contributed by atoms with Crippen molar-refractivity contribution >= 4 is 22.7 Å². The summed E-state index contributed by atoms with van der Waals surface area (Å²) < 4.78 is 5.69. The van der Waals surface area contributed by atoms with Gasteiger partial charge in [-0.05, 0) is 227 Å². The number of hydrogen-bond donors (Lipinski definition) is 0. The lowest BCUT2D eigenvalue weighted by Gasteiger charge is -2.34. The molecule has 0 bridgehead atoms. The molecule has 2 saturated heterocycles. The number of hydrogen-bond acceptors (Lipinski definition) is 7. The summed E-state index contributed by atoms with van der Waals surface area (Å²) in [5, 5.41) is 0. The van der Waals surface area contributed by atoms with E-state index in [4.69, 9.17) is 4.74 Å². The maximum atomic E-state index is 5.69. The van der Waals surface area contributed by atoms with Gasteiger partial charge in [0.1, 0.15) is 5.75 Å². The summed E-state index contributed by atoms with van der Waals surface area (Å²) in [6.45, 7) is 78.0. The van der Waals surface area contributed by atoms with Gasteiger partial charge in [0.2, 0.25) is 0 Å². The van der Waals surface area contributed by atoms with E-state index in [1.54, 1.807) is 0 Å². The van der Waals surface area contributed by atoms with Crippen LogP contribution in [0, 0.1) is 0 Å². The van der Waals surface area contributed by atoms with E-state index in [1.807, 2.05) is 145 Å². The molecule has 0 aromatic heterocycles. The number of fused-ring (bicyclic) bond motifs is 4. The number of likely N-dealkylation sites (tertiary alicyclic amines) is 2. The number of anilines is 4. The fourth-order valence-electron chi connectivity index (χ4n) is 10.8. The number of rotatable bonds is 6. The summed E-state index contributed by atoms with van der Waals surface area (Å²) in [6, 6.07) is 38.6. The highest BCUT2D eigenvalue weighted by Gasteiger charge is 2.22. The summed E-state index contributed by atoms with van der Waals surface area (Å²) in [4.78, 5) is 15.0. The van der Waals surface area contributed by atoms with Crippen molar-refractivity contribution in [2.75, 3.05) is 78.6 Å². The molecule has 2 fully saturated rings. The number of ether oxygens (including phenoxy) is 1. The van der Waals surface area contributed by atoms with Gasteiger partial charge in [-0.2, -0.15) is 0 Å². The zero-order valence-electron chi connectivity index (χ0n) is 66.6. The average Bonchev–Trinajstić information content (AvgIpc) is 2.30. The van der Waals surface area contributed by atoms with E-state index in [9.17, 15) is 0 Å². The van der Waals surface area contributed by atoms with Crippen molar-refractivity contribution in [2.24, 2.45) is 0 Å². The van der Waals surface area contributed by atoms with Crippen molar-refractivity contribution in [3.63, 3.8) is 0 Å². The summed E-state index contributed by atoms with van der Waals surface area (Å²) in [5.74, 6) is 1.03. The van der Waals surface area contributed by atoms with E-state index >= 15 is 0 Å². The van der Waals surface area contributed by atoms with Gasteiger partial charge in [0.05, 0.1) is 12.3 Å². The second-order valence-electron chi connectivity index (χ2n) is 22.0. The molecule has 0 spiro atoms. The lowest BCUT2D eigenvalue weighted by Crippen LogP contribution is -2.35. The number of aryl methyl sites for hydroxylation is 2. The van der Waals surface area contributed by atoms with Crippen molar-refractivity contribution in [2.45, 2.75) is 342 Å². The van der Waals surface area contributed by atoms with Crippen LogP contribution >= 0.6 is 0 Å². The maximum absolute atomic E-state index is 5.69. The summed E-state index contributed by atoms with van der Waals surface area (Å²) >= 11 is 0. The van der Waals surface area contributed by atoms with Crippen LogP contribution < -0.4 is 24.3 Å². The molecule has 0 unspecified atom stereocenters. The predicted molar refractivity (Wildman–Crippen MR) is 427 cm³/mol. The van der Waals surface area contributed by atoms with Crippen LogP contribution in [0.2, 0.25) is 0 Å². The van der Waals surface area contributed by atoms with Gasteiger partial charge in [-0.25, -0.2) is 0 Å². The molecule has 6 aliphatic rings. The van der Waals surface area contributed by atoms with Crippen LogP contribution in [-0.2, 0) is 19.3 Å². The first-order chi connectivity index (χ1) is 43.8. The van der Waals surface area contributed by atoms with Crippen LogP contribution in [0.1, 0.15) is 303 Å². The fourth-order valence-corrected chi connectivity index (χ4v) is 10.8. The van der Waals surface area contributed by atoms with E-state index < -0.39 is 0 Å². The highest BCUT2D eigenvalue weighted by Crippen LogP contribution is 2.33. The first kappa shape index (κ1) is 100. The largest absolute Gasteiger partial charge is 0.491 e. The third-order valence-electron chi connectivity index (χ3n) is 14.9. The minimum atomic E-state index is 0. The van der Waals surface area contributed by atoms with Crippen molar-refractivity contribution in [3.05, 3.63) is 114 Å². The molecule has 4 aromatic carbocycles. The minimum Gasteiger partial charge on any atom is -0.491 e. The second-order valence-corrected chi connectivity index (χ2v) is 22.0. The molecule has 91 heavy (non-hydrogen) atoms. The van der Waals surface area contributed by atoms with Gasteiger partial charge in [-0.15, -0.1) is 0 Å². The van der Waals surface area contributed by atoms with Crippen LogP contribution in [0.5, 0.6) is 5.75 Å². The summed E-state index contributed by atoms with van der Waals surface area (Å²) in [5.41, 5.74) is 10.1. The third-order valence-corrected chi connectivity index (χ3v) is 14.9. The number of piperidine rings is 1. The van der Waals surface area contributed by atoms with Gasteiger partial charge in [0.25, 0.3) is 0 Å². The standard InChI is InChI=1S/C13H19N.C12H17NO.C12H17N.C11H15N.C8H17N.C7H15N.10C2H6.CH4/c1-11(2)14-10-6-5-8-12-7-3-4-9-13(12)14;1-10(2)13-8-5-9-14-12-7-4-3-6-11(12)13;1-10(2)13-9-5-7-11-6-3-4-8-12(11)13;1-9(2)12-8-7-10-5-3-4-6-11(10)12;1-8(2)9-6-4-3-5-7-9;1-7(2)8-5-3-4-6-8;10*1-2;/h3-4,7,9,11H,5-6,8,10H2,1-2H3;3-4,6-7,10H,5,8-9H2,1-2H3;3-4,6,8,10H,5,7,9H2,1-2H3;3-6,9H,7-8H2,1-2H3;8H,3-7H2,1-2H3;7H,3-6H2,1-2H3;10*1-2H3;1H4. The van der Waals surface area contributed by atoms with Crippen molar-refractivity contribution in [1.82, 2.24) is 9.80 Å². The predicted octanol–water partition coefficient (Wildman–Crippen LogP) is 25.5. The Bertz CT molecular complexity index is 1970.